The Morgan fingerprint density at radius 3 is 2.90 bits per heavy atom. The number of nitrogens with two attached hydrogens (primary N) is 1. The molecule has 1 aliphatic rings. The van der Waals surface area contributed by atoms with E-state index in [1.165, 1.54) is 4.90 Å². The van der Waals surface area contributed by atoms with Gasteiger partial charge in [0.2, 0.25) is 12.0 Å². The third-order valence-electron chi connectivity index (χ3n) is 3.27. The van der Waals surface area contributed by atoms with Gasteiger partial charge in [0.1, 0.15) is 5.75 Å². The Balaban J connectivity index is 2.24. The van der Waals surface area contributed by atoms with Crippen LogP contribution >= 0.6 is 11.8 Å². The number of amides is 1. The van der Waals surface area contributed by atoms with E-state index in [0.717, 1.165) is 5.75 Å². The van der Waals surface area contributed by atoms with Crippen molar-refractivity contribution >= 4 is 29.3 Å². The monoisotopic (exact) mass is 310 g/mol. The molecule has 1 aliphatic heterocycles. The maximum absolute atomic E-state index is 12.5. The van der Waals surface area contributed by atoms with Gasteiger partial charge in [-0.05, 0) is 30.6 Å². The van der Waals surface area contributed by atoms with Gasteiger partial charge >= 0.3 is 5.97 Å². The lowest BCUT2D eigenvalue weighted by Crippen LogP contribution is -2.52. The molecule has 21 heavy (non-hydrogen) atoms. The SMILES string of the molecule is CSCC[C@@H](N)C(=O)N1CC(C(=O)O)Oc2ccccc21. The molecule has 6 nitrogen and oxygen atoms in total. The number of aliphatic carboxylic acids is 1. The van der Waals surface area contributed by atoms with Crippen LogP contribution in [0.3, 0.4) is 0 Å². The number of hydrogen-bond donors (Lipinski definition) is 2. The number of carbonyl (C=O) groups excluding carboxylic acids is 1. The average molecular weight is 310 g/mol. The highest BCUT2D eigenvalue weighted by atomic mass is 32.2. The highest BCUT2D eigenvalue weighted by Gasteiger charge is 2.35. The summed E-state index contributed by atoms with van der Waals surface area (Å²) in [5.41, 5.74) is 6.49. The normalized spacial score (nSPS) is 18.6. The number of ether oxygens (including phenoxy) is 1. The van der Waals surface area contributed by atoms with Gasteiger partial charge in [-0.1, -0.05) is 12.1 Å². The lowest BCUT2D eigenvalue weighted by Gasteiger charge is -2.34. The van der Waals surface area contributed by atoms with Crippen LogP contribution < -0.4 is 15.4 Å². The highest BCUT2D eigenvalue weighted by Crippen LogP contribution is 2.33. The van der Waals surface area contributed by atoms with Crippen molar-refractivity contribution in [3.63, 3.8) is 0 Å². The summed E-state index contributed by atoms with van der Waals surface area (Å²) in [6.45, 7) is -0.0296. The van der Waals surface area contributed by atoms with E-state index >= 15 is 0 Å². The summed E-state index contributed by atoms with van der Waals surface area (Å²) in [6, 6.07) is 6.25. The zero-order valence-corrected chi connectivity index (χ0v) is 12.5. The Hall–Kier alpha value is -1.73. The first-order valence-electron chi connectivity index (χ1n) is 6.59. The van der Waals surface area contributed by atoms with Crippen LogP contribution in [0, 0.1) is 0 Å². The largest absolute Gasteiger partial charge is 0.478 e. The number of hydrogen-bond acceptors (Lipinski definition) is 5. The minimum absolute atomic E-state index is 0.0296. The van der Waals surface area contributed by atoms with Crippen LogP contribution in [0.15, 0.2) is 24.3 Å². The Morgan fingerprint density at radius 2 is 2.24 bits per heavy atom. The number of para-hydroxylation sites is 2. The quantitative estimate of drug-likeness (QED) is 0.841. The van der Waals surface area contributed by atoms with E-state index in [0.29, 0.717) is 17.9 Å². The Kier molecular flexibility index (Phi) is 5.08. The van der Waals surface area contributed by atoms with E-state index < -0.39 is 18.1 Å². The summed E-state index contributed by atoms with van der Waals surface area (Å²) in [7, 11) is 0. The predicted molar refractivity (Wildman–Crippen MR) is 81.8 cm³/mol. The summed E-state index contributed by atoms with van der Waals surface area (Å²) in [5, 5.41) is 9.15. The number of carbonyl (C=O) groups is 2. The maximum atomic E-state index is 12.5. The first-order chi connectivity index (χ1) is 10.0. The topological polar surface area (TPSA) is 92.9 Å². The Morgan fingerprint density at radius 1 is 1.52 bits per heavy atom. The minimum atomic E-state index is -1.10. The molecule has 0 aromatic heterocycles. The van der Waals surface area contributed by atoms with E-state index in [1.807, 2.05) is 6.26 Å². The molecule has 1 heterocycles. The van der Waals surface area contributed by atoms with E-state index in [-0.39, 0.29) is 12.5 Å². The van der Waals surface area contributed by atoms with Gasteiger partial charge in [0.25, 0.3) is 0 Å². The minimum Gasteiger partial charge on any atom is -0.478 e. The van der Waals surface area contributed by atoms with Crippen molar-refractivity contribution in [1.82, 2.24) is 0 Å². The predicted octanol–water partition coefficient (Wildman–Crippen LogP) is 0.946. The van der Waals surface area contributed by atoms with Crippen LogP contribution in [0.5, 0.6) is 5.75 Å². The number of benzene rings is 1. The summed E-state index contributed by atoms with van der Waals surface area (Å²) < 4.78 is 5.40. The molecular weight excluding hydrogens is 292 g/mol. The van der Waals surface area contributed by atoms with Crippen molar-refractivity contribution in [3.8, 4) is 5.75 Å². The summed E-state index contributed by atoms with van der Waals surface area (Å²) in [5.74, 6) is -0.200. The molecule has 0 saturated heterocycles. The molecular formula is C14H18N2O4S. The average Bonchev–Trinajstić information content (AvgIpc) is 2.50. The standard InChI is InChI=1S/C14H18N2O4S/c1-21-7-6-9(15)13(17)16-8-12(14(18)19)20-11-5-3-2-4-10(11)16/h2-5,9,12H,6-8,15H2,1H3,(H,18,19)/t9-,12?/m1/s1. The number of anilines is 1. The second-order valence-electron chi connectivity index (χ2n) is 4.75. The first kappa shape index (κ1) is 15.7. The summed E-state index contributed by atoms with van der Waals surface area (Å²) in [6.07, 6.45) is 1.43. The molecule has 0 fully saturated rings. The van der Waals surface area contributed by atoms with Crippen LogP contribution in [-0.4, -0.2) is 47.7 Å². The molecule has 3 N–H and O–H groups in total. The molecule has 1 amide bonds. The van der Waals surface area contributed by atoms with Gasteiger partial charge in [0.05, 0.1) is 18.3 Å². The molecule has 0 saturated carbocycles. The number of carboxylic acid groups (broad SMARTS) is 1. The maximum Gasteiger partial charge on any atom is 0.346 e. The van der Waals surface area contributed by atoms with Gasteiger partial charge in [-0.2, -0.15) is 11.8 Å². The highest BCUT2D eigenvalue weighted by molar-refractivity contribution is 7.98. The second-order valence-corrected chi connectivity index (χ2v) is 5.73. The van der Waals surface area contributed by atoms with E-state index in [4.69, 9.17) is 15.6 Å². The molecule has 0 bridgehead atoms. The van der Waals surface area contributed by atoms with Gasteiger partial charge in [0, 0.05) is 0 Å². The molecule has 0 radical (unpaired) electrons. The van der Waals surface area contributed by atoms with Crippen LogP contribution in [0.2, 0.25) is 0 Å². The molecule has 2 rings (SSSR count). The fourth-order valence-corrected chi connectivity index (χ4v) is 2.63. The number of carboxylic acids is 1. The fourth-order valence-electron chi connectivity index (χ4n) is 2.14. The van der Waals surface area contributed by atoms with Crippen molar-refractivity contribution < 1.29 is 19.4 Å². The second kappa shape index (κ2) is 6.82. The summed E-state index contributed by atoms with van der Waals surface area (Å²) >= 11 is 1.62. The lowest BCUT2D eigenvalue weighted by molar-refractivity contribution is -0.145. The lowest BCUT2D eigenvalue weighted by atomic mass is 10.1. The molecule has 1 unspecified atom stereocenters. The van der Waals surface area contributed by atoms with Gasteiger partial charge in [-0.3, -0.25) is 4.79 Å². The van der Waals surface area contributed by atoms with E-state index in [9.17, 15) is 9.59 Å². The van der Waals surface area contributed by atoms with Crippen molar-refractivity contribution in [2.45, 2.75) is 18.6 Å². The number of thioether (sulfide) groups is 1. The van der Waals surface area contributed by atoms with Gasteiger partial charge in [0.15, 0.2) is 0 Å². The van der Waals surface area contributed by atoms with Gasteiger partial charge in [-0.25, -0.2) is 4.79 Å². The first-order valence-corrected chi connectivity index (χ1v) is 7.98. The molecule has 0 aliphatic carbocycles. The Labute approximate surface area is 127 Å². The van der Waals surface area contributed by atoms with Gasteiger partial charge in [-0.15, -0.1) is 0 Å². The van der Waals surface area contributed by atoms with Crippen molar-refractivity contribution in [2.75, 3.05) is 23.5 Å². The number of fused-ring (bicyclic) bond motifs is 1. The number of rotatable bonds is 5. The zero-order valence-electron chi connectivity index (χ0n) is 11.7. The molecule has 1 aromatic rings. The molecule has 114 valence electrons. The summed E-state index contributed by atoms with van der Waals surface area (Å²) in [4.78, 5) is 25.1. The van der Waals surface area contributed by atoms with Crippen molar-refractivity contribution in [3.05, 3.63) is 24.3 Å². The number of nitrogens with zero attached hydrogens (tertiary/aromatic N) is 1. The molecule has 0 spiro atoms. The van der Waals surface area contributed by atoms with Crippen LogP contribution in [0.4, 0.5) is 5.69 Å². The van der Waals surface area contributed by atoms with E-state index in [2.05, 4.69) is 0 Å². The van der Waals surface area contributed by atoms with Gasteiger partial charge < -0.3 is 20.5 Å². The third-order valence-corrected chi connectivity index (χ3v) is 3.91. The smallest absolute Gasteiger partial charge is 0.346 e. The molecule has 7 heteroatoms. The molecule has 1 aromatic carbocycles. The third kappa shape index (κ3) is 3.48. The van der Waals surface area contributed by atoms with Crippen LogP contribution in [0.1, 0.15) is 6.42 Å². The Bertz CT molecular complexity index is 537. The zero-order chi connectivity index (χ0) is 15.4. The van der Waals surface area contributed by atoms with E-state index in [1.54, 1.807) is 36.0 Å². The van der Waals surface area contributed by atoms with Crippen molar-refractivity contribution in [2.24, 2.45) is 5.73 Å². The van der Waals surface area contributed by atoms with Crippen LogP contribution in [-0.2, 0) is 9.59 Å². The van der Waals surface area contributed by atoms with Crippen LogP contribution in [0.25, 0.3) is 0 Å². The fraction of sp³-hybridized carbons (Fsp3) is 0.429. The van der Waals surface area contributed by atoms with Crippen molar-refractivity contribution in [1.29, 1.82) is 0 Å². The molecule has 2 atom stereocenters.